The summed E-state index contributed by atoms with van der Waals surface area (Å²) >= 11 is 0. The molecule has 17 heteroatoms. The third-order valence-corrected chi connectivity index (χ3v) is 10.5. The minimum Gasteiger partial charge on any atom is -0.463 e. The van der Waals surface area contributed by atoms with Crippen molar-refractivity contribution in [1.82, 2.24) is 0 Å². The Morgan fingerprint density at radius 1 is 0.448 bits per heavy atom. The van der Waals surface area contributed by atoms with E-state index in [0.717, 1.165) is 83.5 Å². The molecule has 58 heavy (non-hydrogen) atoms. The summed E-state index contributed by atoms with van der Waals surface area (Å²) in [6.07, 6.45) is 30.0. The monoisotopic (exact) mass is 870 g/mol. The van der Waals surface area contributed by atoms with Crippen molar-refractivity contribution >= 4 is 27.6 Å². The minimum absolute atomic E-state index is 0.183. The van der Waals surface area contributed by atoms with Gasteiger partial charge in [0.25, 0.3) is 0 Å². The summed E-state index contributed by atoms with van der Waals surface area (Å²) in [7, 11) is -9.56. The van der Waals surface area contributed by atoms with Gasteiger partial charge in [-0.25, -0.2) is 9.13 Å². The maximum atomic E-state index is 12.1. The van der Waals surface area contributed by atoms with Crippen molar-refractivity contribution in [1.29, 1.82) is 0 Å². The number of esters is 2. The molecule has 5 N–H and O–H groups in total. The molecule has 0 spiro atoms. The fourth-order valence-electron chi connectivity index (χ4n) is 5.18. The highest BCUT2D eigenvalue weighted by molar-refractivity contribution is 7.47. The van der Waals surface area contributed by atoms with E-state index in [4.69, 9.17) is 9.47 Å². The van der Waals surface area contributed by atoms with Gasteiger partial charge in [0.15, 0.2) is 0 Å². The lowest BCUT2D eigenvalue weighted by Crippen LogP contribution is -2.25. The van der Waals surface area contributed by atoms with Crippen LogP contribution >= 0.6 is 15.6 Å². The summed E-state index contributed by atoms with van der Waals surface area (Å²) in [5.41, 5.74) is 0. The number of phosphoric acid groups is 2. The predicted molar refractivity (Wildman–Crippen MR) is 224 cm³/mol. The Morgan fingerprint density at radius 2 is 0.759 bits per heavy atom. The zero-order chi connectivity index (χ0) is 43.2. The first-order valence-corrected chi connectivity index (χ1v) is 24.3. The van der Waals surface area contributed by atoms with Crippen molar-refractivity contribution in [3.63, 3.8) is 0 Å². The zero-order valence-electron chi connectivity index (χ0n) is 35.2. The number of hydrogen-bond donors (Lipinski definition) is 5. The number of aliphatic hydroxyl groups excluding tert-OH is 3. The molecule has 0 fully saturated rings. The van der Waals surface area contributed by atoms with Gasteiger partial charge in [0, 0.05) is 12.8 Å². The van der Waals surface area contributed by atoms with Crippen molar-refractivity contribution in [3.05, 3.63) is 36.5 Å². The maximum Gasteiger partial charge on any atom is 0.472 e. The largest absolute Gasteiger partial charge is 0.472 e. The SMILES string of the molecule is CCCC/C=C\CCCCCCCC(=O)OCC(O)COP(=O)(O)OCC(O)COP(=O)(O)OCC(O)COC(=O)CCCCCCCC/C=C/C=C/CCCCC. The van der Waals surface area contributed by atoms with Gasteiger partial charge in [0.1, 0.15) is 31.5 Å². The third kappa shape index (κ3) is 39.7. The van der Waals surface area contributed by atoms with Gasteiger partial charge in [0.05, 0.1) is 26.4 Å². The highest BCUT2D eigenvalue weighted by Crippen LogP contribution is 2.45. The lowest BCUT2D eigenvalue weighted by Gasteiger charge is -2.19. The zero-order valence-corrected chi connectivity index (χ0v) is 37.0. The van der Waals surface area contributed by atoms with Gasteiger partial charge >= 0.3 is 27.6 Å². The van der Waals surface area contributed by atoms with Crippen molar-refractivity contribution < 1.29 is 71.4 Å². The molecule has 0 radical (unpaired) electrons. The van der Waals surface area contributed by atoms with E-state index in [1.54, 1.807) is 0 Å². The van der Waals surface area contributed by atoms with E-state index in [1.807, 2.05) is 0 Å². The second kappa shape index (κ2) is 38.2. The van der Waals surface area contributed by atoms with Gasteiger partial charge in [-0.1, -0.05) is 121 Å². The Bertz CT molecular complexity index is 1200. The van der Waals surface area contributed by atoms with E-state index in [1.165, 1.54) is 32.1 Å². The number of allylic oxidation sites excluding steroid dienone is 6. The molecule has 0 aromatic rings. The highest BCUT2D eigenvalue weighted by Gasteiger charge is 2.28. The van der Waals surface area contributed by atoms with Gasteiger partial charge in [-0.15, -0.1) is 0 Å². The van der Waals surface area contributed by atoms with Crippen LogP contribution in [-0.4, -0.2) is 95.0 Å². The van der Waals surface area contributed by atoms with Gasteiger partial charge in [-0.05, 0) is 57.8 Å². The molecule has 0 aromatic carbocycles. The Kier molecular flexibility index (Phi) is 37.1. The van der Waals surface area contributed by atoms with Crippen LogP contribution in [0.4, 0.5) is 0 Å². The lowest BCUT2D eigenvalue weighted by molar-refractivity contribution is -0.148. The molecule has 340 valence electrons. The van der Waals surface area contributed by atoms with Gasteiger partial charge in [-0.2, -0.15) is 0 Å². The standard InChI is InChI=1S/C41H76O15P2/c1-3-5-7-9-11-13-15-16-17-18-20-22-24-26-28-30-41(46)52-32-38(43)34-54-58(49,50)56-36-39(44)35-55-57(47,48)53-33-37(42)31-51-40(45)29-27-25-23-21-19-14-12-10-8-6-4-2/h10-13,15-16,37-39,42-44H,3-9,14,17-36H2,1-2H3,(H,47,48)(H,49,50)/b12-10-,13-11+,16-15+. The molecule has 5 unspecified atom stereocenters. The third-order valence-electron chi connectivity index (χ3n) is 8.60. The number of carbonyl (C=O) groups excluding carboxylic acids is 2. The van der Waals surface area contributed by atoms with Crippen molar-refractivity contribution in [2.24, 2.45) is 0 Å². The summed E-state index contributed by atoms with van der Waals surface area (Å²) < 4.78 is 52.8. The van der Waals surface area contributed by atoms with Gasteiger partial charge < -0.3 is 34.6 Å². The topological polar surface area (TPSA) is 225 Å². The molecule has 15 nitrogen and oxygen atoms in total. The smallest absolute Gasteiger partial charge is 0.463 e. The van der Waals surface area contributed by atoms with Crippen molar-refractivity contribution in [2.45, 2.75) is 173 Å². The molecule has 0 amide bonds. The minimum atomic E-state index is -4.78. The molecule has 5 atom stereocenters. The molecular formula is C41H76O15P2. The Morgan fingerprint density at radius 3 is 1.16 bits per heavy atom. The second-order valence-corrected chi connectivity index (χ2v) is 17.3. The van der Waals surface area contributed by atoms with Crippen LogP contribution in [0.15, 0.2) is 36.5 Å². The van der Waals surface area contributed by atoms with Crippen LogP contribution < -0.4 is 0 Å². The van der Waals surface area contributed by atoms with Crippen LogP contribution in [0.25, 0.3) is 0 Å². The fraction of sp³-hybridized carbons (Fsp3) is 0.805. The molecule has 0 rings (SSSR count). The summed E-state index contributed by atoms with van der Waals surface area (Å²) in [6, 6.07) is 0. The number of rotatable bonds is 41. The van der Waals surface area contributed by atoms with Crippen molar-refractivity contribution in [3.8, 4) is 0 Å². The van der Waals surface area contributed by atoms with E-state index in [-0.39, 0.29) is 12.8 Å². The predicted octanol–water partition coefficient (Wildman–Crippen LogP) is 8.71. The van der Waals surface area contributed by atoms with Gasteiger partial charge in [0.2, 0.25) is 0 Å². The number of unbranched alkanes of at least 4 members (excludes halogenated alkanes) is 16. The number of carbonyl (C=O) groups is 2. The van der Waals surface area contributed by atoms with E-state index >= 15 is 0 Å². The normalized spacial score (nSPS) is 15.8. The van der Waals surface area contributed by atoms with Crippen LogP contribution in [0.3, 0.4) is 0 Å². The molecule has 0 aliphatic rings. The summed E-state index contributed by atoms with van der Waals surface area (Å²) in [5.74, 6) is -1.02. The molecule has 0 saturated heterocycles. The van der Waals surface area contributed by atoms with E-state index in [0.29, 0.717) is 12.8 Å². The second-order valence-electron chi connectivity index (χ2n) is 14.4. The molecule has 0 aliphatic heterocycles. The van der Waals surface area contributed by atoms with Crippen molar-refractivity contribution in [2.75, 3.05) is 39.6 Å². The molecule has 0 heterocycles. The quantitative estimate of drug-likeness (QED) is 0.0127. The molecule has 0 saturated carbocycles. The number of ether oxygens (including phenoxy) is 2. The average molecular weight is 871 g/mol. The van der Waals surface area contributed by atoms with E-state index < -0.39 is 85.5 Å². The average Bonchev–Trinajstić information content (AvgIpc) is 3.19. The first-order chi connectivity index (χ1) is 27.8. The molecule has 0 aromatic heterocycles. The van der Waals surface area contributed by atoms with Crippen LogP contribution in [0.5, 0.6) is 0 Å². The number of hydrogen-bond acceptors (Lipinski definition) is 13. The summed E-state index contributed by atoms with van der Waals surface area (Å²) in [5, 5.41) is 29.9. The number of phosphoric ester groups is 2. The molecule has 0 bridgehead atoms. The van der Waals surface area contributed by atoms with Crippen LogP contribution in [0.2, 0.25) is 0 Å². The lowest BCUT2D eigenvalue weighted by atomic mass is 10.1. The highest BCUT2D eigenvalue weighted by atomic mass is 31.2. The van der Waals surface area contributed by atoms with Crippen LogP contribution in [0, 0.1) is 0 Å². The maximum absolute atomic E-state index is 12.1. The van der Waals surface area contributed by atoms with Gasteiger partial charge in [-0.3, -0.25) is 27.7 Å². The first kappa shape index (κ1) is 56.3. The Labute approximate surface area is 347 Å². The summed E-state index contributed by atoms with van der Waals surface area (Å²) in [6.45, 7) is 0.301. The van der Waals surface area contributed by atoms with Crippen LogP contribution in [-0.2, 0) is 46.3 Å². The Hall–Kier alpha value is -1.74. The number of aliphatic hydroxyl groups is 3. The Balaban J connectivity index is 3.95. The van der Waals surface area contributed by atoms with E-state index in [2.05, 4.69) is 68.4 Å². The molecular weight excluding hydrogens is 794 g/mol. The van der Waals surface area contributed by atoms with E-state index in [9.17, 15) is 43.8 Å². The summed E-state index contributed by atoms with van der Waals surface area (Å²) in [4.78, 5) is 43.5. The molecule has 0 aliphatic carbocycles. The first-order valence-electron chi connectivity index (χ1n) is 21.4. The fourth-order valence-corrected chi connectivity index (χ4v) is 6.77. The van der Waals surface area contributed by atoms with Crippen LogP contribution in [0.1, 0.15) is 155 Å².